The minimum Gasteiger partial charge on any atom is -0.364 e. The van der Waals surface area contributed by atoms with Gasteiger partial charge in [-0.15, -0.1) is 0 Å². The monoisotopic (exact) mass is 383 g/mol. The van der Waals surface area contributed by atoms with Gasteiger partial charge in [0.15, 0.2) is 0 Å². The average molecular weight is 383 g/mol. The third-order valence-electron chi connectivity index (χ3n) is 4.66. The number of H-pyrrole nitrogens is 1. The van der Waals surface area contributed by atoms with E-state index in [0.717, 1.165) is 39.5 Å². The van der Waals surface area contributed by atoms with Gasteiger partial charge in [0.2, 0.25) is 0 Å². The predicted molar refractivity (Wildman–Crippen MR) is 110 cm³/mol. The van der Waals surface area contributed by atoms with Crippen LogP contribution in [0.5, 0.6) is 0 Å². The van der Waals surface area contributed by atoms with Crippen molar-refractivity contribution in [3.63, 3.8) is 0 Å². The van der Waals surface area contributed by atoms with Crippen LogP contribution in [0, 0.1) is 24.1 Å². The quantitative estimate of drug-likeness (QED) is 0.504. The van der Waals surface area contributed by atoms with Crippen molar-refractivity contribution >= 4 is 5.82 Å². The van der Waals surface area contributed by atoms with Gasteiger partial charge in [0.1, 0.15) is 11.6 Å². The number of nitrogens with one attached hydrogen (secondary N) is 2. The van der Waals surface area contributed by atoms with Crippen molar-refractivity contribution in [2.75, 3.05) is 5.32 Å². The Labute approximate surface area is 167 Å². The molecule has 0 aliphatic carbocycles. The largest absolute Gasteiger partial charge is 0.364 e. The number of nitriles is 1. The molecule has 4 rings (SSSR count). The molecule has 29 heavy (non-hydrogen) atoms. The number of hydrogen-bond acceptors (Lipinski definition) is 4. The van der Waals surface area contributed by atoms with Crippen LogP contribution in [0.1, 0.15) is 16.8 Å². The zero-order chi connectivity index (χ0) is 20.2. The summed E-state index contributed by atoms with van der Waals surface area (Å²) < 4.78 is 13.1. The molecule has 0 unspecified atom stereocenters. The first kappa shape index (κ1) is 18.4. The molecule has 2 N–H and O–H groups in total. The molecule has 0 saturated carbocycles. The second-order valence-corrected chi connectivity index (χ2v) is 6.70. The summed E-state index contributed by atoms with van der Waals surface area (Å²) >= 11 is 0. The molecular weight excluding hydrogens is 365 g/mol. The maximum absolute atomic E-state index is 13.1. The Balaban J connectivity index is 1.48. The normalized spacial score (nSPS) is 10.5. The van der Waals surface area contributed by atoms with Crippen molar-refractivity contribution in [1.82, 2.24) is 15.2 Å². The van der Waals surface area contributed by atoms with Crippen molar-refractivity contribution < 1.29 is 4.39 Å². The summed E-state index contributed by atoms with van der Waals surface area (Å²) in [7, 11) is 0. The van der Waals surface area contributed by atoms with Crippen LogP contribution in [0.15, 0.2) is 66.9 Å². The van der Waals surface area contributed by atoms with Gasteiger partial charge in [0.05, 0.1) is 29.6 Å². The molecule has 0 aliphatic heterocycles. The van der Waals surface area contributed by atoms with Crippen LogP contribution in [0.4, 0.5) is 10.2 Å². The van der Waals surface area contributed by atoms with Crippen molar-refractivity contribution in [3.8, 4) is 28.5 Å². The number of aromatic nitrogens is 3. The van der Waals surface area contributed by atoms with E-state index in [0.29, 0.717) is 12.1 Å². The van der Waals surface area contributed by atoms with Crippen LogP contribution in [-0.2, 0) is 6.54 Å². The van der Waals surface area contributed by atoms with Crippen molar-refractivity contribution in [2.24, 2.45) is 0 Å². The molecule has 0 bridgehead atoms. The number of aromatic amines is 1. The summed E-state index contributed by atoms with van der Waals surface area (Å²) in [6, 6.07) is 19.9. The Bertz CT molecular complexity index is 1190. The van der Waals surface area contributed by atoms with Gasteiger partial charge in [0, 0.05) is 6.20 Å². The predicted octanol–water partition coefficient (Wildman–Crippen LogP) is 5.07. The van der Waals surface area contributed by atoms with Crippen molar-refractivity contribution in [1.29, 1.82) is 5.26 Å². The third kappa shape index (κ3) is 4.14. The SMILES string of the molecule is Cc1cc(C#N)ccc1-c1ccnc(NCc2cc(-c3ccc(F)cc3)[nH]n2)c1. The molecule has 0 aliphatic rings. The molecule has 2 aromatic heterocycles. The first-order valence-corrected chi connectivity index (χ1v) is 9.13. The first-order valence-electron chi connectivity index (χ1n) is 9.13. The lowest BCUT2D eigenvalue weighted by Gasteiger charge is -2.09. The maximum atomic E-state index is 13.1. The zero-order valence-corrected chi connectivity index (χ0v) is 15.8. The van der Waals surface area contributed by atoms with Gasteiger partial charge in [-0.25, -0.2) is 9.37 Å². The molecule has 4 aromatic rings. The summed E-state index contributed by atoms with van der Waals surface area (Å²) in [5.74, 6) is 0.469. The number of rotatable bonds is 5. The average Bonchev–Trinajstić information content (AvgIpc) is 3.22. The lowest BCUT2D eigenvalue weighted by Crippen LogP contribution is -2.01. The number of aryl methyl sites for hydroxylation is 1. The first-order chi connectivity index (χ1) is 14.1. The van der Waals surface area contributed by atoms with Crippen LogP contribution < -0.4 is 5.32 Å². The van der Waals surface area contributed by atoms with E-state index in [9.17, 15) is 4.39 Å². The second-order valence-electron chi connectivity index (χ2n) is 6.70. The highest BCUT2D eigenvalue weighted by molar-refractivity contribution is 5.70. The third-order valence-corrected chi connectivity index (χ3v) is 4.66. The van der Waals surface area contributed by atoms with E-state index in [1.165, 1.54) is 12.1 Å². The fraction of sp³-hybridized carbons (Fsp3) is 0.0870. The molecule has 0 radical (unpaired) electrons. The van der Waals surface area contributed by atoms with Crippen LogP contribution in [-0.4, -0.2) is 15.2 Å². The Hall–Kier alpha value is -3.98. The molecule has 0 atom stereocenters. The number of benzene rings is 2. The van der Waals surface area contributed by atoms with Crippen LogP contribution in [0.25, 0.3) is 22.4 Å². The zero-order valence-electron chi connectivity index (χ0n) is 15.8. The molecule has 5 nitrogen and oxygen atoms in total. The van der Waals surface area contributed by atoms with Gasteiger partial charge >= 0.3 is 0 Å². The summed E-state index contributed by atoms with van der Waals surface area (Å²) in [6.07, 6.45) is 1.75. The molecule has 2 heterocycles. The minimum atomic E-state index is -0.265. The van der Waals surface area contributed by atoms with Gasteiger partial charge in [-0.1, -0.05) is 6.07 Å². The highest BCUT2D eigenvalue weighted by Gasteiger charge is 2.07. The van der Waals surface area contributed by atoms with Gasteiger partial charge in [-0.3, -0.25) is 5.10 Å². The summed E-state index contributed by atoms with van der Waals surface area (Å²) in [6.45, 7) is 2.49. The lowest BCUT2D eigenvalue weighted by atomic mass is 9.99. The van der Waals surface area contributed by atoms with Gasteiger partial charge < -0.3 is 5.32 Å². The fourth-order valence-electron chi connectivity index (χ4n) is 3.16. The molecule has 0 saturated heterocycles. The van der Waals surface area contributed by atoms with Crippen molar-refractivity contribution in [2.45, 2.75) is 13.5 Å². The van der Waals surface area contributed by atoms with Crippen molar-refractivity contribution in [3.05, 3.63) is 89.5 Å². The van der Waals surface area contributed by atoms with Crippen LogP contribution in [0.2, 0.25) is 0 Å². The fourth-order valence-corrected chi connectivity index (χ4v) is 3.16. The van der Waals surface area contributed by atoms with E-state index in [-0.39, 0.29) is 5.82 Å². The minimum absolute atomic E-state index is 0.265. The Morgan fingerprint density at radius 2 is 1.86 bits per heavy atom. The molecule has 6 heteroatoms. The van der Waals surface area contributed by atoms with E-state index >= 15 is 0 Å². The highest BCUT2D eigenvalue weighted by Crippen LogP contribution is 2.26. The number of halogens is 1. The maximum Gasteiger partial charge on any atom is 0.126 e. The lowest BCUT2D eigenvalue weighted by molar-refractivity contribution is 0.628. The number of nitrogens with zero attached hydrogens (tertiary/aromatic N) is 3. The molecule has 0 fully saturated rings. The standard InChI is InChI=1S/C23H18FN5/c1-15-10-16(13-25)2-7-21(15)18-8-9-26-23(11-18)27-14-20-12-22(29-28-20)17-3-5-19(24)6-4-17/h2-12H,14H2,1H3,(H,26,27)(H,28,29). The van der Waals surface area contributed by atoms with E-state index < -0.39 is 0 Å². The van der Waals surface area contributed by atoms with Gasteiger partial charge in [-0.05, 0) is 83.8 Å². The molecule has 0 spiro atoms. The van der Waals surface area contributed by atoms with Gasteiger partial charge in [-0.2, -0.15) is 10.4 Å². The second kappa shape index (κ2) is 7.95. The number of anilines is 1. The van der Waals surface area contributed by atoms with Crippen LogP contribution in [0.3, 0.4) is 0 Å². The molecule has 2 aromatic carbocycles. The highest BCUT2D eigenvalue weighted by atomic mass is 19.1. The molecule has 142 valence electrons. The van der Waals surface area contributed by atoms with Crippen LogP contribution >= 0.6 is 0 Å². The van der Waals surface area contributed by atoms with E-state index in [1.54, 1.807) is 18.3 Å². The summed E-state index contributed by atoms with van der Waals surface area (Å²) in [5, 5.41) is 19.6. The smallest absolute Gasteiger partial charge is 0.126 e. The topological polar surface area (TPSA) is 77.4 Å². The number of pyridine rings is 1. The summed E-state index contributed by atoms with van der Waals surface area (Å²) in [5.41, 5.74) is 6.31. The summed E-state index contributed by atoms with van der Waals surface area (Å²) in [4.78, 5) is 4.37. The Morgan fingerprint density at radius 1 is 1.03 bits per heavy atom. The molecule has 0 amide bonds. The Morgan fingerprint density at radius 3 is 2.62 bits per heavy atom. The van der Waals surface area contributed by atoms with Gasteiger partial charge in [0.25, 0.3) is 0 Å². The van der Waals surface area contributed by atoms with E-state index in [1.807, 2.05) is 43.3 Å². The number of hydrogen-bond donors (Lipinski definition) is 2. The molecular formula is C23H18FN5. The Kier molecular flexibility index (Phi) is 5.04. The van der Waals surface area contributed by atoms with E-state index in [4.69, 9.17) is 5.26 Å². The van der Waals surface area contributed by atoms with E-state index in [2.05, 4.69) is 26.6 Å².